The van der Waals surface area contributed by atoms with Gasteiger partial charge >= 0.3 is 0 Å². The number of aryl methyl sites for hydroxylation is 3. The first-order valence-electron chi connectivity index (χ1n) is 5.41. The second-order valence-electron chi connectivity index (χ2n) is 4.04. The van der Waals surface area contributed by atoms with Crippen molar-refractivity contribution in [3.63, 3.8) is 0 Å². The Kier molecular flexibility index (Phi) is 2.78. The summed E-state index contributed by atoms with van der Waals surface area (Å²) in [5.41, 5.74) is 5.11. The van der Waals surface area contributed by atoms with Gasteiger partial charge in [0.25, 0.3) is 0 Å². The minimum Gasteiger partial charge on any atom is -0.396 e. The topological polar surface area (TPSA) is 36.0 Å². The van der Waals surface area contributed by atoms with Crippen molar-refractivity contribution in [3.05, 3.63) is 35.0 Å². The van der Waals surface area contributed by atoms with Crippen LogP contribution in [0.5, 0.6) is 0 Å². The van der Waals surface area contributed by atoms with E-state index in [-0.39, 0.29) is 6.61 Å². The van der Waals surface area contributed by atoms with E-state index in [0.717, 1.165) is 12.8 Å². The van der Waals surface area contributed by atoms with E-state index < -0.39 is 0 Å². The maximum atomic E-state index is 8.85. The van der Waals surface area contributed by atoms with E-state index >= 15 is 0 Å². The van der Waals surface area contributed by atoms with Crippen LogP contribution in [0.3, 0.4) is 0 Å². The fourth-order valence-electron chi connectivity index (χ4n) is 2.02. The zero-order chi connectivity index (χ0) is 10.8. The Morgan fingerprint density at radius 3 is 2.80 bits per heavy atom. The fourth-order valence-corrected chi connectivity index (χ4v) is 2.02. The van der Waals surface area contributed by atoms with Crippen LogP contribution in [-0.2, 0) is 6.42 Å². The molecule has 0 radical (unpaired) electrons. The Hall–Kier alpha value is -1.28. The maximum Gasteiger partial charge on any atom is 0.0491 e. The first-order valence-corrected chi connectivity index (χ1v) is 5.41. The Balaban J connectivity index is 2.51. The lowest BCUT2D eigenvalue weighted by molar-refractivity contribution is 0.289. The van der Waals surface area contributed by atoms with Crippen molar-refractivity contribution in [2.75, 3.05) is 6.61 Å². The van der Waals surface area contributed by atoms with Crippen LogP contribution in [-0.4, -0.2) is 16.7 Å². The van der Waals surface area contributed by atoms with Gasteiger partial charge in [-0.3, -0.25) is 0 Å². The number of aromatic amines is 1. The zero-order valence-electron chi connectivity index (χ0n) is 9.30. The number of nitrogens with one attached hydrogen (secondary N) is 1. The van der Waals surface area contributed by atoms with Crippen LogP contribution >= 0.6 is 0 Å². The van der Waals surface area contributed by atoms with Crippen molar-refractivity contribution in [3.8, 4) is 0 Å². The molecule has 1 aromatic carbocycles. The Labute approximate surface area is 89.9 Å². The van der Waals surface area contributed by atoms with Crippen molar-refractivity contribution >= 4 is 10.9 Å². The van der Waals surface area contributed by atoms with Gasteiger partial charge in [0.2, 0.25) is 0 Å². The summed E-state index contributed by atoms with van der Waals surface area (Å²) >= 11 is 0. The van der Waals surface area contributed by atoms with Crippen molar-refractivity contribution in [2.45, 2.75) is 26.7 Å². The molecule has 0 saturated carbocycles. The SMILES string of the molecule is Cc1[nH]c2c(CCCO)cccc2c1C. The van der Waals surface area contributed by atoms with E-state index in [4.69, 9.17) is 5.11 Å². The van der Waals surface area contributed by atoms with Crippen LogP contribution in [0.2, 0.25) is 0 Å². The third kappa shape index (κ3) is 1.77. The molecule has 0 aliphatic heterocycles. The summed E-state index contributed by atoms with van der Waals surface area (Å²) in [6.07, 6.45) is 1.77. The number of hydrogen-bond acceptors (Lipinski definition) is 1. The van der Waals surface area contributed by atoms with Gasteiger partial charge in [0.1, 0.15) is 0 Å². The number of aliphatic hydroxyl groups excluding tert-OH is 1. The molecule has 0 bridgehead atoms. The molecular weight excluding hydrogens is 186 g/mol. The van der Waals surface area contributed by atoms with Crippen LogP contribution in [0.15, 0.2) is 18.2 Å². The highest BCUT2D eigenvalue weighted by Crippen LogP contribution is 2.24. The minimum atomic E-state index is 0.259. The third-order valence-electron chi connectivity index (χ3n) is 3.03. The Morgan fingerprint density at radius 2 is 2.07 bits per heavy atom. The number of para-hydroxylation sites is 1. The van der Waals surface area contributed by atoms with Crippen LogP contribution in [0.4, 0.5) is 0 Å². The van der Waals surface area contributed by atoms with Crippen molar-refractivity contribution in [1.29, 1.82) is 0 Å². The lowest BCUT2D eigenvalue weighted by atomic mass is 10.1. The van der Waals surface area contributed by atoms with Gasteiger partial charge in [0.15, 0.2) is 0 Å². The first-order chi connectivity index (χ1) is 7.24. The standard InChI is InChI=1S/C13H17NO/c1-9-10(2)14-13-11(6-4-8-15)5-3-7-12(9)13/h3,5,7,14-15H,4,6,8H2,1-2H3. The summed E-state index contributed by atoms with van der Waals surface area (Å²) in [5.74, 6) is 0. The van der Waals surface area contributed by atoms with Crippen molar-refractivity contribution < 1.29 is 5.11 Å². The number of aliphatic hydroxyl groups is 1. The molecule has 0 amide bonds. The molecule has 2 N–H and O–H groups in total. The maximum absolute atomic E-state index is 8.85. The number of benzene rings is 1. The fraction of sp³-hybridized carbons (Fsp3) is 0.385. The van der Waals surface area contributed by atoms with E-state index in [1.807, 2.05) is 0 Å². The van der Waals surface area contributed by atoms with E-state index in [9.17, 15) is 0 Å². The van der Waals surface area contributed by atoms with Gasteiger partial charge in [-0.05, 0) is 37.8 Å². The average molecular weight is 203 g/mol. The number of aromatic nitrogens is 1. The molecule has 80 valence electrons. The third-order valence-corrected chi connectivity index (χ3v) is 3.03. The predicted molar refractivity (Wildman–Crippen MR) is 63.2 cm³/mol. The minimum absolute atomic E-state index is 0.259. The van der Waals surface area contributed by atoms with Gasteiger partial charge in [0.05, 0.1) is 0 Å². The van der Waals surface area contributed by atoms with Gasteiger partial charge < -0.3 is 10.1 Å². The monoisotopic (exact) mass is 203 g/mol. The molecule has 1 aromatic heterocycles. The van der Waals surface area contributed by atoms with Gasteiger partial charge in [-0.25, -0.2) is 0 Å². The second kappa shape index (κ2) is 4.07. The smallest absolute Gasteiger partial charge is 0.0491 e. The summed E-state index contributed by atoms with van der Waals surface area (Å²) < 4.78 is 0. The van der Waals surface area contributed by atoms with E-state index in [1.165, 1.54) is 27.7 Å². The summed E-state index contributed by atoms with van der Waals surface area (Å²) in [6, 6.07) is 6.37. The number of rotatable bonds is 3. The molecular formula is C13H17NO. The van der Waals surface area contributed by atoms with Gasteiger partial charge in [-0.2, -0.15) is 0 Å². The molecule has 2 aromatic rings. The molecule has 0 aliphatic carbocycles. The zero-order valence-corrected chi connectivity index (χ0v) is 9.30. The molecule has 0 fully saturated rings. The van der Waals surface area contributed by atoms with E-state index in [2.05, 4.69) is 37.0 Å². The summed E-state index contributed by atoms with van der Waals surface area (Å²) in [7, 11) is 0. The van der Waals surface area contributed by atoms with Gasteiger partial charge in [-0.15, -0.1) is 0 Å². The summed E-state index contributed by atoms with van der Waals surface area (Å²) in [4.78, 5) is 3.42. The molecule has 2 rings (SSSR count). The molecule has 2 heteroatoms. The van der Waals surface area contributed by atoms with Crippen molar-refractivity contribution in [2.24, 2.45) is 0 Å². The lowest BCUT2D eigenvalue weighted by Crippen LogP contribution is -1.90. The van der Waals surface area contributed by atoms with Crippen molar-refractivity contribution in [1.82, 2.24) is 4.98 Å². The molecule has 2 nitrogen and oxygen atoms in total. The molecule has 0 aliphatic rings. The van der Waals surface area contributed by atoms with Crippen LogP contribution in [0.1, 0.15) is 23.2 Å². The van der Waals surface area contributed by atoms with Crippen LogP contribution in [0.25, 0.3) is 10.9 Å². The summed E-state index contributed by atoms with van der Waals surface area (Å²) in [6.45, 7) is 4.50. The second-order valence-corrected chi connectivity index (χ2v) is 4.04. The Morgan fingerprint density at radius 1 is 1.27 bits per heavy atom. The average Bonchev–Trinajstić information content (AvgIpc) is 2.53. The highest BCUT2D eigenvalue weighted by molar-refractivity contribution is 5.87. The predicted octanol–water partition coefficient (Wildman–Crippen LogP) is 2.71. The molecule has 0 atom stereocenters. The van der Waals surface area contributed by atoms with Crippen LogP contribution in [0, 0.1) is 13.8 Å². The molecule has 0 spiro atoms. The molecule has 0 unspecified atom stereocenters. The van der Waals surface area contributed by atoms with E-state index in [1.54, 1.807) is 0 Å². The van der Waals surface area contributed by atoms with E-state index in [0.29, 0.717) is 0 Å². The number of H-pyrrole nitrogens is 1. The van der Waals surface area contributed by atoms with Gasteiger partial charge in [-0.1, -0.05) is 18.2 Å². The largest absolute Gasteiger partial charge is 0.396 e. The highest BCUT2D eigenvalue weighted by Gasteiger charge is 2.07. The molecule has 1 heterocycles. The first kappa shape index (κ1) is 10.2. The molecule has 0 saturated heterocycles. The highest BCUT2D eigenvalue weighted by atomic mass is 16.2. The Bertz CT molecular complexity index is 471. The lowest BCUT2D eigenvalue weighted by Gasteiger charge is -2.01. The quantitative estimate of drug-likeness (QED) is 0.790. The normalized spacial score (nSPS) is 11.1. The molecule has 15 heavy (non-hydrogen) atoms. The summed E-state index contributed by atoms with van der Waals surface area (Å²) in [5, 5.41) is 10.2. The van der Waals surface area contributed by atoms with Crippen LogP contribution < -0.4 is 0 Å². The van der Waals surface area contributed by atoms with Gasteiger partial charge in [0, 0.05) is 23.2 Å². The number of fused-ring (bicyclic) bond motifs is 1. The number of hydrogen-bond donors (Lipinski definition) is 2.